The van der Waals surface area contributed by atoms with E-state index in [4.69, 9.17) is 10.5 Å². The van der Waals surface area contributed by atoms with Gasteiger partial charge in [-0.15, -0.1) is 13.2 Å². The van der Waals surface area contributed by atoms with Crippen molar-refractivity contribution in [2.75, 3.05) is 25.4 Å². The number of nitrogens with two attached hydrogens (primary N) is 1. The van der Waals surface area contributed by atoms with Gasteiger partial charge in [0.05, 0.1) is 36.6 Å². The first kappa shape index (κ1) is 24.5. The molecular weight excluding hydrogens is 503 g/mol. The molecule has 38 heavy (non-hydrogen) atoms. The van der Waals surface area contributed by atoms with Gasteiger partial charge in [-0.2, -0.15) is 5.10 Å². The second-order valence-corrected chi connectivity index (χ2v) is 9.91. The minimum atomic E-state index is -4.90. The molecular formula is C25H26F3N7O3. The van der Waals surface area contributed by atoms with Crippen LogP contribution in [0.3, 0.4) is 0 Å². The van der Waals surface area contributed by atoms with E-state index in [1.165, 1.54) is 12.3 Å². The number of urea groups is 1. The molecule has 0 bridgehead atoms. The second kappa shape index (κ2) is 8.86. The predicted molar refractivity (Wildman–Crippen MR) is 129 cm³/mol. The minimum Gasteiger partial charge on any atom is -0.402 e. The molecule has 3 aliphatic rings. The van der Waals surface area contributed by atoms with Crippen LogP contribution in [0.2, 0.25) is 0 Å². The molecule has 0 unspecified atom stereocenters. The van der Waals surface area contributed by atoms with Crippen molar-refractivity contribution >= 4 is 11.8 Å². The highest BCUT2D eigenvalue weighted by Crippen LogP contribution is 2.43. The van der Waals surface area contributed by atoms with Crippen LogP contribution in [-0.4, -0.2) is 56.7 Å². The Morgan fingerprint density at radius 1 is 1.16 bits per heavy atom. The van der Waals surface area contributed by atoms with Crippen molar-refractivity contribution in [3.8, 4) is 17.0 Å². The summed E-state index contributed by atoms with van der Waals surface area (Å²) in [7, 11) is 0. The summed E-state index contributed by atoms with van der Waals surface area (Å²) in [5.74, 6) is -0.960. The molecule has 1 atom stereocenters. The molecule has 2 aliphatic heterocycles. The smallest absolute Gasteiger partial charge is 0.402 e. The van der Waals surface area contributed by atoms with Crippen LogP contribution in [-0.2, 0) is 22.4 Å². The van der Waals surface area contributed by atoms with Crippen LogP contribution >= 0.6 is 0 Å². The number of carbonyl (C=O) groups is 1. The molecule has 0 aromatic carbocycles. The van der Waals surface area contributed by atoms with Gasteiger partial charge in [0.2, 0.25) is 0 Å². The van der Waals surface area contributed by atoms with Gasteiger partial charge in [-0.05, 0) is 49.1 Å². The summed E-state index contributed by atoms with van der Waals surface area (Å²) in [4.78, 5) is 23.1. The normalized spacial score (nSPS) is 22.1. The van der Waals surface area contributed by atoms with Crippen molar-refractivity contribution in [3.05, 3.63) is 54.1 Å². The van der Waals surface area contributed by atoms with Gasteiger partial charge in [-0.3, -0.25) is 9.67 Å². The summed E-state index contributed by atoms with van der Waals surface area (Å²) in [5, 5.41) is 7.84. The van der Waals surface area contributed by atoms with Crippen molar-refractivity contribution in [2.24, 2.45) is 0 Å². The fourth-order valence-corrected chi connectivity index (χ4v) is 5.55. The summed E-state index contributed by atoms with van der Waals surface area (Å²) in [5.41, 5.74) is 6.96. The number of nitrogens with one attached hydrogen (secondary N) is 1. The molecule has 200 valence electrons. The summed E-state index contributed by atoms with van der Waals surface area (Å²) in [6, 6.07) is 6.66. The Morgan fingerprint density at radius 3 is 2.66 bits per heavy atom. The lowest BCUT2D eigenvalue weighted by atomic mass is 9.72. The van der Waals surface area contributed by atoms with Gasteiger partial charge >= 0.3 is 12.4 Å². The number of nitrogen functional groups attached to an aromatic ring is 1. The number of rotatable bonds is 4. The summed E-state index contributed by atoms with van der Waals surface area (Å²) < 4.78 is 50.4. The van der Waals surface area contributed by atoms with Crippen LogP contribution in [0.4, 0.5) is 23.8 Å². The van der Waals surface area contributed by atoms with Gasteiger partial charge in [0.1, 0.15) is 5.60 Å². The molecule has 1 spiro atoms. The molecule has 1 saturated heterocycles. The van der Waals surface area contributed by atoms with Crippen LogP contribution in [0.25, 0.3) is 11.3 Å². The third kappa shape index (κ3) is 4.30. The maximum Gasteiger partial charge on any atom is 0.573 e. The number of halogens is 3. The van der Waals surface area contributed by atoms with Crippen molar-refractivity contribution < 1.29 is 27.4 Å². The zero-order valence-corrected chi connectivity index (χ0v) is 20.4. The maximum absolute atomic E-state index is 13.4. The highest BCUT2D eigenvalue weighted by molar-refractivity contribution is 5.76. The average Bonchev–Trinajstić information content (AvgIpc) is 3.49. The van der Waals surface area contributed by atoms with Crippen LogP contribution in [0.1, 0.15) is 36.9 Å². The van der Waals surface area contributed by atoms with Crippen molar-refractivity contribution in [2.45, 2.75) is 49.7 Å². The Balaban J connectivity index is 1.23. The van der Waals surface area contributed by atoms with Crippen LogP contribution in [0.15, 0.2) is 42.9 Å². The summed E-state index contributed by atoms with van der Waals surface area (Å²) in [6.45, 7) is 1.69. The van der Waals surface area contributed by atoms with E-state index in [-0.39, 0.29) is 11.8 Å². The number of likely N-dealkylation sites (tertiary alicyclic amines) is 1. The van der Waals surface area contributed by atoms with E-state index < -0.39 is 23.3 Å². The monoisotopic (exact) mass is 529 g/mol. The van der Waals surface area contributed by atoms with Gasteiger partial charge in [-0.1, -0.05) is 0 Å². The van der Waals surface area contributed by atoms with E-state index in [9.17, 15) is 18.0 Å². The van der Waals surface area contributed by atoms with E-state index >= 15 is 0 Å². The average molecular weight is 530 g/mol. The Labute approximate surface area is 215 Å². The first-order chi connectivity index (χ1) is 18.2. The van der Waals surface area contributed by atoms with Crippen molar-refractivity contribution in [1.29, 1.82) is 0 Å². The SMILES string of the molecule is Nc1ncc(-c2cc3n(n2)CCO[C@@]32CCN(C(=O)NC3(c4ccncc4)CCC3)C2)cc1OC(F)(F)F. The van der Waals surface area contributed by atoms with Crippen LogP contribution in [0.5, 0.6) is 5.75 Å². The molecule has 3 aromatic heterocycles. The van der Waals surface area contributed by atoms with Gasteiger partial charge in [0.15, 0.2) is 11.6 Å². The number of hydrogen-bond acceptors (Lipinski definition) is 7. The van der Waals surface area contributed by atoms with E-state index in [0.717, 1.165) is 30.5 Å². The van der Waals surface area contributed by atoms with Crippen molar-refractivity contribution in [1.82, 2.24) is 30.0 Å². The van der Waals surface area contributed by atoms with E-state index in [1.807, 2.05) is 12.1 Å². The zero-order valence-electron chi connectivity index (χ0n) is 20.4. The second-order valence-electron chi connectivity index (χ2n) is 9.91. The number of pyridine rings is 2. The summed E-state index contributed by atoms with van der Waals surface area (Å²) >= 11 is 0. The molecule has 2 fully saturated rings. The molecule has 5 heterocycles. The molecule has 13 heteroatoms. The standard InChI is InChI=1S/C25H26F3N7O3/c26-25(27,28)38-19-12-16(14-31-21(19)29)18-13-20-24(37-11-10-35(20)33-18)6-9-34(15-24)22(36)32-23(4-1-5-23)17-2-7-30-8-3-17/h2-3,7-8,12-14H,1,4-6,9-11,15H2,(H2,29,31)(H,32,36)/t24-/m1/s1. The molecule has 10 nitrogen and oxygen atoms in total. The highest BCUT2D eigenvalue weighted by atomic mass is 19.4. The van der Waals surface area contributed by atoms with Gasteiger partial charge < -0.3 is 25.4 Å². The maximum atomic E-state index is 13.4. The first-order valence-corrected chi connectivity index (χ1v) is 12.4. The Hall–Kier alpha value is -3.87. The van der Waals surface area contributed by atoms with E-state index in [1.54, 1.807) is 28.0 Å². The predicted octanol–water partition coefficient (Wildman–Crippen LogP) is 3.54. The number of alkyl halides is 3. The number of fused-ring (bicyclic) bond motifs is 2. The van der Waals surface area contributed by atoms with Crippen molar-refractivity contribution in [3.63, 3.8) is 0 Å². The van der Waals surface area contributed by atoms with E-state index in [2.05, 4.69) is 25.1 Å². The number of aromatic nitrogens is 4. The van der Waals surface area contributed by atoms with E-state index in [0.29, 0.717) is 43.9 Å². The van der Waals surface area contributed by atoms with Gasteiger partial charge in [-0.25, -0.2) is 9.78 Å². The fraction of sp³-hybridized carbons (Fsp3) is 0.440. The third-order valence-corrected chi connectivity index (χ3v) is 7.64. The fourth-order valence-electron chi connectivity index (χ4n) is 5.55. The molecule has 0 radical (unpaired) electrons. The molecule has 1 aliphatic carbocycles. The Bertz CT molecular complexity index is 1360. The number of carbonyl (C=O) groups excluding carboxylic acids is 1. The third-order valence-electron chi connectivity index (χ3n) is 7.64. The lowest BCUT2D eigenvalue weighted by Crippen LogP contribution is -2.55. The molecule has 3 N–H and O–H groups in total. The quantitative estimate of drug-likeness (QED) is 0.530. The van der Waals surface area contributed by atoms with Crippen LogP contribution < -0.4 is 15.8 Å². The van der Waals surface area contributed by atoms with Gasteiger partial charge in [0.25, 0.3) is 0 Å². The topological polar surface area (TPSA) is 120 Å². The lowest BCUT2D eigenvalue weighted by molar-refractivity contribution is -0.274. The lowest BCUT2D eigenvalue weighted by Gasteiger charge is -2.44. The highest BCUT2D eigenvalue weighted by Gasteiger charge is 2.48. The first-order valence-electron chi connectivity index (χ1n) is 12.4. The Kier molecular flexibility index (Phi) is 5.70. The molecule has 2 amide bonds. The largest absolute Gasteiger partial charge is 0.573 e. The molecule has 6 rings (SSSR count). The minimum absolute atomic E-state index is 0.157. The molecule has 3 aromatic rings. The summed E-state index contributed by atoms with van der Waals surface area (Å²) in [6.07, 6.45) is 3.25. The number of nitrogens with zero attached hydrogens (tertiary/aromatic N) is 5. The van der Waals surface area contributed by atoms with Gasteiger partial charge in [0, 0.05) is 37.1 Å². The van der Waals surface area contributed by atoms with Crippen LogP contribution in [0, 0.1) is 0 Å². The number of hydrogen-bond donors (Lipinski definition) is 2. The number of ether oxygens (including phenoxy) is 2. The number of anilines is 1. The number of amides is 2. The Morgan fingerprint density at radius 2 is 1.95 bits per heavy atom. The molecule has 1 saturated carbocycles. The zero-order chi connectivity index (χ0) is 26.5.